The fourth-order valence-electron chi connectivity index (χ4n) is 2.04. The lowest BCUT2D eigenvalue weighted by Gasteiger charge is -2.36. The van der Waals surface area contributed by atoms with Crippen molar-refractivity contribution >= 4 is 6.09 Å². The second kappa shape index (κ2) is 6.70. The summed E-state index contributed by atoms with van der Waals surface area (Å²) in [5.74, 6) is 0. The maximum absolute atomic E-state index is 11.7. The number of hydrogen-bond acceptors (Lipinski definition) is 4. The molecule has 1 saturated heterocycles. The van der Waals surface area contributed by atoms with Gasteiger partial charge in [0, 0.05) is 12.6 Å². The van der Waals surface area contributed by atoms with E-state index in [-0.39, 0.29) is 18.7 Å². The molecule has 0 aliphatic carbocycles. The largest absolute Gasteiger partial charge is 0.450 e. The number of amides is 1. The average Bonchev–Trinajstić information content (AvgIpc) is 2.28. The van der Waals surface area contributed by atoms with E-state index in [1.54, 1.807) is 11.8 Å². The number of ether oxygens (including phenoxy) is 1. The van der Waals surface area contributed by atoms with Gasteiger partial charge in [-0.05, 0) is 39.9 Å². The van der Waals surface area contributed by atoms with Crippen molar-refractivity contribution in [1.82, 2.24) is 9.80 Å². The molecule has 1 fully saturated rings. The highest BCUT2D eigenvalue weighted by molar-refractivity contribution is 5.68. The molecule has 94 valence electrons. The second-order valence-electron chi connectivity index (χ2n) is 4.15. The number of aliphatic hydroxyl groups excluding tert-OH is 1. The molecule has 0 bridgehead atoms. The van der Waals surface area contributed by atoms with Gasteiger partial charge in [-0.3, -0.25) is 0 Å². The van der Waals surface area contributed by atoms with Crippen LogP contribution in [-0.4, -0.2) is 66.9 Å². The van der Waals surface area contributed by atoms with Gasteiger partial charge in [0.25, 0.3) is 0 Å². The topological polar surface area (TPSA) is 53.0 Å². The number of aliphatic hydroxyl groups is 1. The maximum atomic E-state index is 11.7. The van der Waals surface area contributed by atoms with Crippen LogP contribution in [0.3, 0.4) is 0 Å². The maximum Gasteiger partial charge on any atom is 0.410 e. The first-order chi connectivity index (χ1) is 7.69. The molecule has 1 amide bonds. The molecule has 0 aromatic rings. The first-order valence-corrected chi connectivity index (χ1v) is 5.91. The van der Waals surface area contributed by atoms with Gasteiger partial charge in [0.15, 0.2) is 0 Å². The Balaban J connectivity index is 2.51. The summed E-state index contributed by atoms with van der Waals surface area (Å²) in [6.45, 7) is 4.52. The summed E-state index contributed by atoms with van der Waals surface area (Å²) in [6.07, 6.45) is 1.61. The molecule has 0 saturated carbocycles. The molecule has 0 radical (unpaired) electrons. The third-order valence-electron chi connectivity index (χ3n) is 2.97. The van der Waals surface area contributed by atoms with Gasteiger partial charge in [-0.1, -0.05) is 0 Å². The molecular weight excluding hydrogens is 208 g/mol. The molecule has 1 N–H and O–H groups in total. The van der Waals surface area contributed by atoms with Gasteiger partial charge in [0.1, 0.15) is 0 Å². The van der Waals surface area contributed by atoms with Crippen molar-refractivity contribution in [3.8, 4) is 0 Å². The summed E-state index contributed by atoms with van der Waals surface area (Å²) < 4.78 is 5.00. The van der Waals surface area contributed by atoms with E-state index in [4.69, 9.17) is 9.84 Å². The van der Waals surface area contributed by atoms with E-state index in [1.165, 1.54) is 0 Å². The monoisotopic (exact) mass is 230 g/mol. The van der Waals surface area contributed by atoms with Crippen molar-refractivity contribution in [3.63, 3.8) is 0 Å². The zero-order valence-electron chi connectivity index (χ0n) is 10.2. The number of carbonyl (C=O) groups excluding carboxylic acids is 1. The first-order valence-electron chi connectivity index (χ1n) is 5.91. The lowest BCUT2D eigenvalue weighted by atomic mass is 10.0. The van der Waals surface area contributed by atoms with E-state index in [0.29, 0.717) is 13.2 Å². The van der Waals surface area contributed by atoms with Crippen molar-refractivity contribution in [3.05, 3.63) is 0 Å². The minimum Gasteiger partial charge on any atom is -0.450 e. The smallest absolute Gasteiger partial charge is 0.410 e. The van der Waals surface area contributed by atoms with Gasteiger partial charge in [-0.2, -0.15) is 0 Å². The Kier molecular flexibility index (Phi) is 5.55. The Hall–Kier alpha value is -0.810. The summed E-state index contributed by atoms with van der Waals surface area (Å²) in [6, 6.07) is 0.211. The van der Waals surface area contributed by atoms with E-state index < -0.39 is 0 Å². The molecule has 1 heterocycles. The van der Waals surface area contributed by atoms with Crippen LogP contribution in [0.4, 0.5) is 4.79 Å². The second-order valence-corrected chi connectivity index (χ2v) is 4.15. The summed E-state index contributed by atoms with van der Waals surface area (Å²) in [5, 5.41) is 8.98. The molecule has 0 aromatic carbocycles. The SMILES string of the molecule is CCOC(=O)N(CCO)C1CCN(C)CC1. The highest BCUT2D eigenvalue weighted by Gasteiger charge is 2.27. The fraction of sp³-hybridized carbons (Fsp3) is 0.909. The standard InChI is InChI=1S/C11H22N2O3/c1-3-16-11(15)13(8-9-14)10-4-6-12(2)7-5-10/h10,14H,3-9H2,1-2H3. The highest BCUT2D eigenvalue weighted by Crippen LogP contribution is 2.16. The minimum atomic E-state index is -0.300. The van der Waals surface area contributed by atoms with Crippen LogP contribution in [0.5, 0.6) is 0 Å². The minimum absolute atomic E-state index is 0.00878. The molecule has 0 aromatic heterocycles. The van der Waals surface area contributed by atoms with Crippen LogP contribution in [0.25, 0.3) is 0 Å². The van der Waals surface area contributed by atoms with E-state index in [2.05, 4.69) is 11.9 Å². The highest BCUT2D eigenvalue weighted by atomic mass is 16.6. The third-order valence-corrected chi connectivity index (χ3v) is 2.97. The number of piperidine rings is 1. The lowest BCUT2D eigenvalue weighted by Crippen LogP contribution is -2.47. The van der Waals surface area contributed by atoms with Gasteiger partial charge in [0.05, 0.1) is 13.2 Å². The number of nitrogens with zero attached hydrogens (tertiary/aromatic N) is 2. The molecule has 0 spiro atoms. The predicted molar refractivity (Wildman–Crippen MR) is 61.3 cm³/mol. The first kappa shape index (κ1) is 13.3. The van der Waals surface area contributed by atoms with Gasteiger partial charge in [-0.25, -0.2) is 4.79 Å². The molecule has 5 nitrogen and oxygen atoms in total. The van der Waals surface area contributed by atoms with Crippen LogP contribution in [0, 0.1) is 0 Å². The molecule has 1 aliphatic heterocycles. The van der Waals surface area contributed by atoms with Crippen LogP contribution in [-0.2, 0) is 4.74 Å². The Morgan fingerprint density at radius 3 is 2.62 bits per heavy atom. The number of carbonyl (C=O) groups is 1. The Morgan fingerprint density at radius 1 is 1.50 bits per heavy atom. The Bertz CT molecular complexity index is 215. The molecule has 1 aliphatic rings. The normalized spacial score (nSPS) is 18.4. The van der Waals surface area contributed by atoms with Crippen molar-refractivity contribution in [2.75, 3.05) is 39.9 Å². The van der Waals surface area contributed by atoms with Gasteiger partial charge < -0.3 is 19.6 Å². The van der Waals surface area contributed by atoms with Crippen LogP contribution in [0.2, 0.25) is 0 Å². The van der Waals surface area contributed by atoms with E-state index >= 15 is 0 Å². The van der Waals surface area contributed by atoms with Crippen molar-refractivity contribution < 1.29 is 14.6 Å². The van der Waals surface area contributed by atoms with Crippen molar-refractivity contribution in [1.29, 1.82) is 0 Å². The Labute approximate surface area is 97.0 Å². The molecule has 5 heteroatoms. The lowest BCUT2D eigenvalue weighted by molar-refractivity contribution is 0.0625. The summed E-state index contributed by atoms with van der Waals surface area (Å²) >= 11 is 0. The van der Waals surface area contributed by atoms with Crippen molar-refractivity contribution in [2.45, 2.75) is 25.8 Å². The molecule has 0 unspecified atom stereocenters. The summed E-state index contributed by atoms with van der Waals surface area (Å²) in [4.78, 5) is 15.6. The zero-order valence-corrected chi connectivity index (χ0v) is 10.2. The number of rotatable bonds is 4. The van der Waals surface area contributed by atoms with Crippen LogP contribution in [0.1, 0.15) is 19.8 Å². The van der Waals surface area contributed by atoms with E-state index in [0.717, 1.165) is 25.9 Å². The van der Waals surface area contributed by atoms with E-state index in [9.17, 15) is 4.79 Å². The summed E-state index contributed by atoms with van der Waals surface area (Å²) in [7, 11) is 2.08. The van der Waals surface area contributed by atoms with E-state index in [1.807, 2.05) is 0 Å². The average molecular weight is 230 g/mol. The molecule has 1 rings (SSSR count). The van der Waals surface area contributed by atoms with Gasteiger partial charge in [-0.15, -0.1) is 0 Å². The molecule has 0 atom stereocenters. The predicted octanol–water partition coefficient (Wildman–Crippen LogP) is 0.531. The third kappa shape index (κ3) is 3.64. The van der Waals surface area contributed by atoms with Gasteiger partial charge >= 0.3 is 6.09 Å². The van der Waals surface area contributed by atoms with Crippen LogP contribution < -0.4 is 0 Å². The summed E-state index contributed by atoms with van der Waals surface area (Å²) in [5.41, 5.74) is 0. The number of likely N-dealkylation sites (tertiary alicyclic amines) is 1. The quantitative estimate of drug-likeness (QED) is 0.765. The fourth-order valence-corrected chi connectivity index (χ4v) is 2.04. The van der Waals surface area contributed by atoms with Gasteiger partial charge in [0.2, 0.25) is 0 Å². The van der Waals surface area contributed by atoms with Crippen LogP contribution in [0.15, 0.2) is 0 Å². The van der Waals surface area contributed by atoms with Crippen molar-refractivity contribution in [2.24, 2.45) is 0 Å². The number of hydrogen-bond donors (Lipinski definition) is 1. The Morgan fingerprint density at radius 2 is 2.12 bits per heavy atom. The van der Waals surface area contributed by atoms with Crippen LogP contribution >= 0.6 is 0 Å². The molecule has 16 heavy (non-hydrogen) atoms. The molecular formula is C11H22N2O3. The zero-order chi connectivity index (χ0) is 12.0.